The highest BCUT2D eigenvalue weighted by molar-refractivity contribution is 4.87. The van der Waals surface area contributed by atoms with Crippen LogP contribution in [0.4, 0.5) is 0 Å². The number of methoxy groups -OCH3 is 1. The van der Waals surface area contributed by atoms with Crippen LogP contribution >= 0.6 is 0 Å². The molecule has 3 nitrogen and oxygen atoms in total. The number of hydrogen-bond acceptors (Lipinski definition) is 3. The zero-order valence-corrected chi connectivity index (χ0v) is 11.5. The van der Waals surface area contributed by atoms with Crippen molar-refractivity contribution in [2.75, 3.05) is 33.4 Å². The standard InChI is InChI=1S/C14H28N2O/c1-3-15-13-5-4-6-14(9-13)16-8-7-12(10-16)11-17-2/h12-15H,3-11H2,1-2H3. The molecule has 2 rings (SSSR count). The number of nitrogens with one attached hydrogen (secondary N) is 1. The summed E-state index contributed by atoms with van der Waals surface area (Å²) in [6, 6.07) is 1.59. The van der Waals surface area contributed by atoms with E-state index in [4.69, 9.17) is 4.74 Å². The van der Waals surface area contributed by atoms with E-state index in [0.717, 1.165) is 31.2 Å². The molecule has 1 saturated carbocycles. The first-order valence-electron chi connectivity index (χ1n) is 7.29. The maximum atomic E-state index is 5.28. The molecule has 0 spiro atoms. The van der Waals surface area contributed by atoms with Crippen molar-refractivity contribution in [1.29, 1.82) is 0 Å². The van der Waals surface area contributed by atoms with Crippen molar-refractivity contribution in [2.24, 2.45) is 5.92 Å². The minimum atomic E-state index is 0.764. The van der Waals surface area contributed by atoms with Gasteiger partial charge in [-0.2, -0.15) is 0 Å². The van der Waals surface area contributed by atoms with Gasteiger partial charge in [-0.1, -0.05) is 13.3 Å². The van der Waals surface area contributed by atoms with Crippen LogP contribution in [0.15, 0.2) is 0 Å². The minimum Gasteiger partial charge on any atom is -0.384 e. The van der Waals surface area contributed by atoms with Crippen molar-refractivity contribution in [2.45, 2.75) is 51.1 Å². The van der Waals surface area contributed by atoms with Gasteiger partial charge in [0.05, 0.1) is 6.61 Å². The largest absolute Gasteiger partial charge is 0.384 e. The summed E-state index contributed by atoms with van der Waals surface area (Å²) in [4.78, 5) is 2.72. The molecule has 0 bridgehead atoms. The maximum absolute atomic E-state index is 5.28. The summed E-state index contributed by atoms with van der Waals surface area (Å²) in [6.07, 6.45) is 6.86. The highest BCUT2D eigenvalue weighted by Crippen LogP contribution is 2.28. The fourth-order valence-corrected chi connectivity index (χ4v) is 3.54. The van der Waals surface area contributed by atoms with Crippen molar-refractivity contribution >= 4 is 0 Å². The SMILES string of the molecule is CCNC1CCCC(N2CCC(COC)C2)C1. The van der Waals surface area contributed by atoms with Crippen LogP contribution in [0.25, 0.3) is 0 Å². The Morgan fingerprint density at radius 2 is 2.18 bits per heavy atom. The summed E-state index contributed by atoms with van der Waals surface area (Å²) < 4.78 is 5.28. The lowest BCUT2D eigenvalue weighted by Crippen LogP contribution is -2.43. The Morgan fingerprint density at radius 1 is 1.29 bits per heavy atom. The first kappa shape index (κ1) is 13.3. The van der Waals surface area contributed by atoms with E-state index in [2.05, 4.69) is 17.1 Å². The molecule has 3 heteroatoms. The van der Waals surface area contributed by atoms with Crippen LogP contribution in [0.2, 0.25) is 0 Å². The van der Waals surface area contributed by atoms with Crippen molar-refractivity contribution in [3.63, 3.8) is 0 Å². The second-order valence-electron chi connectivity index (χ2n) is 5.68. The summed E-state index contributed by atoms with van der Waals surface area (Å²) in [5, 5.41) is 3.62. The van der Waals surface area contributed by atoms with Gasteiger partial charge >= 0.3 is 0 Å². The average Bonchev–Trinajstić information content (AvgIpc) is 2.79. The molecule has 17 heavy (non-hydrogen) atoms. The Kier molecular flexibility index (Phi) is 5.26. The Morgan fingerprint density at radius 3 is 2.94 bits per heavy atom. The Labute approximate surface area is 106 Å². The lowest BCUT2D eigenvalue weighted by Gasteiger charge is -2.35. The van der Waals surface area contributed by atoms with E-state index in [9.17, 15) is 0 Å². The van der Waals surface area contributed by atoms with E-state index in [1.54, 1.807) is 0 Å². The van der Waals surface area contributed by atoms with Crippen molar-refractivity contribution in [3.05, 3.63) is 0 Å². The Balaban J connectivity index is 1.78. The van der Waals surface area contributed by atoms with E-state index in [1.165, 1.54) is 45.2 Å². The van der Waals surface area contributed by atoms with Gasteiger partial charge in [-0.25, -0.2) is 0 Å². The van der Waals surface area contributed by atoms with Gasteiger partial charge in [-0.15, -0.1) is 0 Å². The molecule has 100 valence electrons. The summed E-state index contributed by atoms with van der Waals surface area (Å²) in [5.74, 6) is 0.777. The normalized spacial score (nSPS) is 35.3. The van der Waals surface area contributed by atoms with Crippen LogP contribution < -0.4 is 5.32 Å². The van der Waals surface area contributed by atoms with E-state index in [1.807, 2.05) is 7.11 Å². The van der Waals surface area contributed by atoms with Crippen molar-refractivity contribution in [3.8, 4) is 0 Å². The third-order valence-corrected chi connectivity index (χ3v) is 4.38. The average molecular weight is 240 g/mol. The fraction of sp³-hybridized carbons (Fsp3) is 1.00. The van der Waals surface area contributed by atoms with Crippen LogP contribution in [-0.2, 0) is 4.74 Å². The highest BCUT2D eigenvalue weighted by atomic mass is 16.5. The third kappa shape index (κ3) is 3.67. The van der Waals surface area contributed by atoms with Gasteiger partial charge in [-0.3, -0.25) is 4.90 Å². The number of ether oxygens (including phenoxy) is 1. The predicted octanol–water partition coefficient (Wildman–Crippen LogP) is 1.88. The molecule has 1 aliphatic carbocycles. The molecule has 1 saturated heterocycles. The topological polar surface area (TPSA) is 24.5 Å². The molecule has 0 radical (unpaired) electrons. The molecule has 1 heterocycles. The van der Waals surface area contributed by atoms with Crippen LogP contribution in [0, 0.1) is 5.92 Å². The van der Waals surface area contributed by atoms with E-state index >= 15 is 0 Å². The van der Waals surface area contributed by atoms with Gasteiger partial charge in [-0.05, 0) is 44.7 Å². The summed E-state index contributed by atoms with van der Waals surface area (Å²) >= 11 is 0. The van der Waals surface area contributed by atoms with Crippen LogP contribution in [0.5, 0.6) is 0 Å². The summed E-state index contributed by atoms with van der Waals surface area (Å²) in [6.45, 7) is 6.83. The zero-order valence-electron chi connectivity index (χ0n) is 11.5. The van der Waals surface area contributed by atoms with Crippen molar-refractivity contribution in [1.82, 2.24) is 10.2 Å². The quantitative estimate of drug-likeness (QED) is 0.794. The highest BCUT2D eigenvalue weighted by Gasteiger charge is 2.31. The van der Waals surface area contributed by atoms with Crippen LogP contribution in [-0.4, -0.2) is 50.3 Å². The second kappa shape index (κ2) is 6.72. The van der Waals surface area contributed by atoms with E-state index in [-0.39, 0.29) is 0 Å². The maximum Gasteiger partial charge on any atom is 0.0503 e. The molecule has 0 aromatic rings. The summed E-state index contributed by atoms with van der Waals surface area (Å²) in [5.41, 5.74) is 0. The summed E-state index contributed by atoms with van der Waals surface area (Å²) in [7, 11) is 1.82. The molecular weight excluding hydrogens is 212 g/mol. The smallest absolute Gasteiger partial charge is 0.0503 e. The van der Waals surface area contributed by atoms with E-state index in [0.29, 0.717) is 0 Å². The number of rotatable bonds is 5. The first-order chi connectivity index (χ1) is 8.33. The number of likely N-dealkylation sites (tertiary alicyclic amines) is 1. The molecule has 2 fully saturated rings. The van der Waals surface area contributed by atoms with Gasteiger partial charge in [0.25, 0.3) is 0 Å². The van der Waals surface area contributed by atoms with Gasteiger partial charge in [0.1, 0.15) is 0 Å². The van der Waals surface area contributed by atoms with Gasteiger partial charge in [0, 0.05) is 25.7 Å². The third-order valence-electron chi connectivity index (χ3n) is 4.38. The van der Waals surface area contributed by atoms with Gasteiger partial charge < -0.3 is 10.1 Å². The lowest BCUT2D eigenvalue weighted by molar-refractivity contribution is 0.132. The lowest BCUT2D eigenvalue weighted by atomic mass is 9.90. The molecular formula is C14H28N2O. The number of nitrogens with zero attached hydrogens (tertiary/aromatic N) is 1. The minimum absolute atomic E-state index is 0.764. The number of hydrogen-bond donors (Lipinski definition) is 1. The molecule has 3 unspecified atom stereocenters. The predicted molar refractivity (Wildman–Crippen MR) is 71.3 cm³/mol. The second-order valence-corrected chi connectivity index (χ2v) is 5.68. The molecule has 3 atom stereocenters. The fourth-order valence-electron chi connectivity index (χ4n) is 3.54. The Hall–Kier alpha value is -0.120. The molecule has 0 aromatic carbocycles. The molecule has 0 amide bonds. The molecule has 0 aromatic heterocycles. The van der Waals surface area contributed by atoms with Crippen molar-refractivity contribution < 1.29 is 4.74 Å². The monoisotopic (exact) mass is 240 g/mol. The molecule has 2 aliphatic rings. The molecule has 1 aliphatic heterocycles. The van der Waals surface area contributed by atoms with Crippen LogP contribution in [0.3, 0.4) is 0 Å². The van der Waals surface area contributed by atoms with Gasteiger partial charge in [0.15, 0.2) is 0 Å². The van der Waals surface area contributed by atoms with Gasteiger partial charge in [0.2, 0.25) is 0 Å². The van der Waals surface area contributed by atoms with E-state index < -0.39 is 0 Å². The van der Waals surface area contributed by atoms with Crippen LogP contribution in [0.1, 0.15) is 39.0 Å². The zero-order chi connectivity index (χ0) is 12.1. The first-order valence-corrected chi connectivity index (χ1v) is 7.29. The molecule has 1 N–H and O–H groups in total. The Bertz CT molecular complexity index is 220.